The predicted octanol–water partition coefficient (Wildman–Crippen LogP) is 4.75. The van der Waals surface area contributed by atoms with Crippen molar-refractivity contribution in [2.45, 2.75) is 6.92 Å². The van der Waals surface area contributed by atoms with Gasteiger partial charge in [-0.1, -0.05) is 15.9 Å². The molecule has 0 spiro atoms. The highest BCUT2D eigenvalue weighted by Crippen LogP contribution is 2.34. The maximum Gasteiger partial charge on any atom is 0.312 e. The van der Waals surface area contributed by atoms with Gasteiger partial charge in [-0.05, 0) is 46.6 Å². The number of rotatable bonds is 5. The third-order valence-electron chi connectivity index (χ3n) is 2.61. The second-order valence-electron chi connectivity index (χ2n) is 4.14. The van der Waals surface area contributed by atoms with Crippen LogP contribution in [0.5, 0.6) is 5.75 Å². The lowest BCUT2D eigenvalue weighted by Crippen LogP contribution is -2.11. The van der Waals surface area contributed by atoms with Gasteiger partial charge in [-0.25, -0.2) is 0 Å². The topological polar surface area (TPSA) is 69.4 Å². The molecule has 2 rings (SSSR count). The molecule has 1 aromatic carbocycles. The van der Waals surface area contributed by atoms with Gasteiger partial charge in [0, 0.05) is 10.5 Å². The van der Waals surface area contributed by atoms with Gasteiger partial charge in [0.15, 0.2) is 6.61 Å². The van der Waals surface area contributed by atoms with Crippen LogP contribution in [0.4, 0.5) is 5.69 Å². The first kappa shape index (κ1) is 16.1. The Labute approximate surface area is 141 Å². The monoisotopic (exact) mass is 433 g/mol. The zero-order valence-electron chi connectivity index (χ0n) is 10.8. The lowest BCUT2D eigenvalue weighted by atomic mass is 10.2. The minimum Gasteiger partial charge on any atom is -0.478 e. The summed E-state index contributed by atoms with van der Waals surface area (Å²) in [6.45, 7) is 1.45. The first-order valence-corrected chi connectivity index (χ1v) is 8.14. The minimum absolute atomic E-state index is 0.118. The number of halogens is 2. The van der Waals surface area contributed by atoms with Gasteiger partial charge in [-0.15, -0.1) is 11.3 Å². The highest BCUT2D eigenvalue weighted by atomic mass is 79.9. The molecule has 0 unspecified atom stereocenters. The molecule has 2 aromatic rings. The van der Waals surface area contributed by atoms with Crippen LogP contribution in [0.2, 0.25) is 0 Å². The number of thiophene rings is 1. The van der Waals surface area contributed by atoms with E-state index in [-0.39, 0.29) is 23.8 Å². The van der Waals surface area contributed by atoms with E-state index < -0.39 is 4.92 Å². The molecule has 0 bridgehead atoms. The number of nitro benzene ring substituents is 1. The van der Waals surface area contributed by atoms with Crippen molar-refractivity contribution in [1.29, 1.82) is 0 Å². The summed E-state index contributed by atoms with van der Waals surface area (Å²) in [4.78, 5) is 23.0. The van der Waals surface area contributed by atoms with Crippen LogP contribution < -0.4 is 4.74 Å². The van der Waals surface area contributed by atoms with Gasteiger partial charge in [0.1, 0.15) is 0 Å². The van der Waals surface area contributed by atoms with Crippen molar-refractivity contribution in [3.63, 3.8) is 0 Å². The number of nitro groups is 1. The molecule has 8 heteroatoms. The molecule has 0 amide bonds. The summed E-state index contributed by atoms with van der Waals surface area (Å²) in [5, 5.41) is 11.1. The van der Waals surface area contributed by atoms with E-state index in [0.717, 1.165) is 3.79 Å². The SMILES string of the molecule is Cc1cc(Br)cc([N+](=O)[O-])c1OCC(=O)c1ccc(Br)s1. The average Bonchev–Trinajstić information content (AvgIpc) is 2.83. The van der Waals surface area contributed by atoms with Crippen molar-refractivity contribution in [3.05, 3.63) is 53.1 Å². The molecule has 0 N–H and O–H groups in total. The molecular formula is C13H9Br2NO4S. The highest BCUT2D eigenvalue weighted by Gasteiger charge is 2.20. The summed E-state index contributed by atoms with van der Waals surface area (Å²) in [5.41, 5.74) is 0.429. The van der Waals surface area contributed by atoms with E-state index in [1.807, 2.05) is 0 Å². The van der Waals surface area contributed by atoms with Crippen molar-refractivity contribution in [3.8, 4) is 5.75 Å². The smallest absolute Gasteiger partial charge is 0.312 e. The van der Waals surface area contributed by atoms with Crippen molar-refractivity contribution >= 4 is 54.7 Å². The molecule has 0 aliphatic carbocycles. The van der Waals surface area contributed by atoms with Crippen LogP contribution in [0, 0.1) is 17.0 Å². The third kappa shape index (κ3) is 3.90. The standard InChI is InChI=1S/C13H9Br2NO4S/c1-7-4-8(14)5-9(16(18)19)13(7)20-6-10(17)11-2-3-12(15)21-11/h2-5H,6H2,1H3. The second-order valence-corrected chi connectivity index (χ2v) is 7.52. The van der Waals surface area contributed by atoms with Crippen molar-refractivity contribution in [2.75, 3.05) is 6.61 Å². The van der Waals surface area contributed by atoms with E-state index in [9.17, 15) is 14.9 Å². The number of ether oxygens (including phenoxy) is 1. The molecule has 0 aliphatic heterocycles. The molecule has 1 heterocycles. The maximum atomic E-state index is 12.0. The number of nitrogens with zero attached hydrogens (tertiary/aromatic N) is 1. The normalized spacial score (nSPS) is 10.4. The summed E-state index contributed by atoms with van der Waals surface area (Å²) >= 11 is 7.78. The Morgan fingerprint density at radius 2 is 2.10 bits per heavy atom. The molecule has 0 radical (unpaired) electrons. The van der Waals surface area contributed by atoms with Crippen LogP contribution in [0.25, 0.3) is 0 Å². The number of benzene rings is 1. The van der Waals surface area contributed by atoms with Crippen LogP contribution in [-0.4, -0.2) is 17.3 Å². The number of carbonyl (C=O) groups excluding carboxylic acids is 1. The molecule has 21 heavy (non-hydrogen) atoms. The Morgan fingerprint density at radius 3 is 2.67 bits per heavy atom. The molecule has 0 saturated heterocycles. The number of aryl methyl sites for hydroxylation is 1. The molecule has 0 atom stereocenters. The number of ketones is 1. The van der Waals surface area contributed by atoms with Crippen molar-refractivity contribution < 1.29 is 14.5 Å². The van der Waals surface area contributed by atoms with E-state index in [0.29, 0.717) is 14.9 Å². The Bertz CT molecular complexity index is 714. The minimum atomic E-state index is -0.528. The largest absolute Gasteiger partial charge is 0.478 e. The average molecular weight is 435 g/mol. The molecule has 5 nitrogen and oxygen atoms in total. The molecular weight excluding hydrogens is 426 g/mol. The van der Waals surface area contributed by atoms with Gasteiger partial charge in [0.05, 0.1) is 13.6 Å². The van der Waals surface area contributed by atoms with Crippen molar-refractivity contribution in [1.82, 2.24) is 0 Å². The van der Waals surface area contributed by atoms with E-state index in [4.69, 9.17) is 4.74 Å². The van der Waals surface area contributed by atoms with Crippen LogP contribution in [-0.2, 0) is 0 Å². The Kier molecular flexibility index (Phi) is 5.13. The van der Waals surface area contributed by atoms with Crippen molar-refractivity contribution in [2.24, 2.45) is 0 Å². The fraction of sp³-hybridized carbons (Fsp3) is 0.154. The molecule has 0 fully saturated rings. The number of hydrogen-bond donors (Lipinski definition) is 0. The Morgan fingerprint density at radius 1 is 1.38 bits per heavy atom. The van der Waals surface area contributed by atoms with Crippen LogP contribution >= 0.6 is 43.2 Å². The quantitative estimate of drug-likeness (QED) is 0.386. The van der Waals surface area contributed by atoms with Gasteiger partial charge < -0.3 is 4.74 Å². The van der Waals surface area contributed by atoms with E-state index in [1.165, 1.54) is 17.4 Å². The lowest BCUT2D eigenvalue weighted by molar-refractivity contribution is -0.385. The summed E-state index contributed by atoms with van der Waals surface area (Å²) in [7, 11) is 0. The molecule has 0 aliphatic rings. The maximum absolute atomic E-state index is 12.0. The van der Waals surface area contributed by atoms with Gasteiger partial charge in [0.2, 0.25) is 11.5 Å². The highest BCUT2D eigenvalue weighted by molar-refractivity contribution is 9.11. The fourth-order valence-electron chi connectivity index (χ4n) is 1.71. The van der Waals surface area contributed by atoms with Gasteiger partial charge in [-0.2, -0.15) is 0 Å². The third-order valence-corrected chi connectivity index (χ3v) is 4.73. The lowest BCUT2D eigenvalue weighted by Gasteiger charge is -2.09. The number of Topliss-reactive ketones (excluding diaryl/α,β-unsaturated/α-hetero) is 1. The predicted molar refractivity (Wildman–Crippen MR) is 87.4 cm³/mol. The Balaban J connectivity index is 2.20. The Hall–Kier alpha value is -1.25. The molecule has 1 aromatic heterocycles. The zero-order chi connectivity index (χ0) is 15.6. The number of hydrogen-bond acceptors (Lipinski definition) is 5. The summed E-state index contributed by atoms with van der Waals surface area (Å²) in [6.07, 6.45) is 0. The van der Waals surface area contributed by atoms with Gasteiger partial charge in [0.25, 0.3) is 0 Å². The zero-order valence-corrected chi connectivity index (χ0v) is 14.7. The first-order chi connectivity index (χ1) is 9.88. The van der Waals surface area contributed by atoms with E-state index >= 15 is 0 Å². The molecule has 0 saturated carbocycles. The second kappa shape index (κ2) is 6.67. The fourth-order valence-corrected chi connectivity index (χ4v) is 3.58. The number of carbonyl (C=O) groups is 1. The van der Waals surface area contributed by atoms with E-state index in [1.54, 1.807) is 25.1 Å². The summed E-state index contributed by atoms with van der Waals surface area (Å²) in [6, 6.07) is 6.51. The molecule has 110 valence electrons. The van der Waals surface area contributed by atoms with Gasteiger partial charge in [-0.3, -0.25) is 14.9 Å². The summed E-state index contributed by atoms with van der Waals surface area (Å²) < 4.78 is 6.82. The van der Waals surface area contributed by atoms with Crippen LogP contribution in [0.1, 0.15) is 15.2 Å². The van der Waals surface area contributed by atoms with E-state index in [2.05, 4.69) is 31.9 Å². The van der Waals surface area contributed by atoms with Gasteiger partial charge >= 0.3 is 5.69 Å². The summed E-state index contributed by atoms with van der Waals surface area (Å²) in [5.74, 6) is -0.102. The van der Waals surface area contributed by atoms with Crippen LogP contribution in [0.15, 0.2) is 32.5 Å². The first-order valence-electron chi connectivity index (χ1n) is 5.74. The van der Waals surface area contributed by atoms with Crippen LogP contribution in [0.3, 0.4) is 0 Å².